The number of rotatable bonds is 5. The summed E-state index contributed by atoms with van der Waals surface area (Å²) in [6.45, 7) is 0. The number of carbonyl (C=O) groups is 1. The molecule has 0 saturated heterocycles. The molecule has 0 fully saturated rings. The van der Waals surface area contributed by atoms with Gasteiger partial charge in [-0.05, 0) is 6.07 Å². The molecule has 0 unspecified atom stereocenters. The van der Waals surface area contributed by atoms with Crippen LogP contribution in [0.25, 0.3) is 0 Å². The van der Waals surface area contributed by atoms with Gasteiger partial charge in [0.1, 0.15) is 0 Å². The van der Waals surface area contributed by atoms with Crippen molar-refractivity contribution >= 4 is 21.8 Å². The second-order valence-corrected chi connectivity index (χ2v) is 6.28. The Morgan fingerprint density at radius 2 is 1.63 bits per heavy atom. The minimum absolute atomic E-state index is 0.129. The molecule has 0 bridgehead atoms. The fraction of sp³-hybridized carbons (Fsp3) is 0.364. The number of nitrogens with zero attached hydrogens (tertiary/aromatic N) is 1. The Hall–Kier alpha value is -2.62. The van der Waals surface area contributed by atoms with E-state index >= 15 is 0 Å². The van der Waals surface area contributed by atoms with Gasteiger partial charge in [0.15, 0.2) is 5.75 Å². The first-order valence-corrected chi connectivity index (χ1v) is 7.77. The van der Waals surface area contributed by atoms with Crippen LogP contribution in [0.4, 0.5) is 32.0 Å². The molecule has 0 spiro atoms. The van der Waals surface area contributed by atoms with Gasteiger partial charge in [-0.1, -0.05) is 0 Å². The second kappa shape index (κ2) is 6.84. The Morgan fingerprint density at radius 3 is 1.96 bits per heavy atom. The number of nitro benzene ring substituents is 1. The van der Waals surface area contributed by atoms with E-state index in [9.17, 15) is 59.3 Å². The predicted molar refractivity (Wildman–Crippen MR) is 69.6 cm³/mol. The molecule has 0 amide bonds. The van der Waals surface area contributed by atoms with Gasteiger partial charge in [-0.3, -0.25) is 10.1 Å². The van der Waals surface area contributed by atoms with E-state index in [0.29, 0.717) is 12.1 Å². The molecule has 1 rings (SSSR count). The van der Waals surface area contributed by atoms with Crippen molar-refractivity contribution in [2.45, 2.75) is 18.0 Å². The molecule has 16 heteroatoms. The number of halogens is 6. The smallest absolute Gasteiger partial charge is 0.438 e. The Labute approximate surface area is 145 Å². The van der Waals surface area contributed by atoms with Crippen molar-refractivity contribution < 1.29 is 58.9 Å². The van der Waals surface area contributed by atoms with Gasteiger partial charge in [0.05, 0.1) is 26.4 Å². The molecule has 0 aliphatic rings. The molecule has 0 atom stereocenters. The van der Waals surface area contributed by atoms with E-state index in [-0.39, 0.29) is 6.07 Å². The Morgan fingerprint density at radius 1 is 1.15 bits per heavy atom. The number of nitro groups is 1. The highest BCUT2D eigenvalue weighted by molar-refractivity contribution is 7.85. The average Bonchev–Trinajstić information content (AvgIpc) is 2.41. The van der Waals surface area contributed by atoms with Crippen molar-refractivity contribution in [3.8, 4) is 5.75 Å². The van der Waals surface area contributed by atoms with Crippen LogP contribution in [0, 0.1) is 10.1 Å². The van der Waals surface area contributed by atoms with E-state index in [1.54, 1.807) is 0 Å². The maximum Gasteiger partial charge on any atom is 0.438 e. The summed E-state index contributed by atoms with van der Waals surface area (Å²) in [4.78, 5) is 21.0. The van der Waals surface area contributed by atoms with Crippen molar-refractivity contribution in [2.24, 2.45) is 0 Å². The molecule has 0 aromatic heterocycles. The minimum Gasteiger partial charge on any atom is -0.748 e. The molecule has 9 nitrogen and oxygen atoms in total. The SMILES string of the molecule is O=C(OC(CS(=O)(=O)[O-])(C(F)(F)F)C(F)(F)F)c1ccc([N+](=O)[O-])c(O)c1. The van der Waals surface area contributed by atoms with Gasteiger partial charge in [0, 0.05) is 12.1 Å². The van der Waals surface area contributed by atoms with Crippen molar-refractivity contribution in [1.82, 2.24) is 0 Å². The normalized spacial score (nSPS) is 13.3. The number of phenols is 1. The van der Waals surface area contributed by atoms with Crippen LogP contribution in [-0.2, 0) is 14.9 Å². The first-order valence-electron chi connectivity index (χ1n) is 6.19. The molecule has 152 valence electrons. The molecule has 27 heavy (non-hydrogen) atoms. The van der Waals surface area contributed by atoms with Gasteiger partial charge in [-0.15, -0.1) is 0 Å². The molecule has 0 heterocycles. The van der Waals surface area contributed by atoms with Gasteiger partial charge >= 0.3 is 29.6 Å². The Balaban J connectivity index is 3.48. The summed E-state index contributed by atoms with van der Waals surface area (Å²) in [5, 5.41) is 19.8. The van der Waals surface area contributed by atoms with Crippen LogP contribution < -0.4 is 0 Å². The van der Waals surface area contributed by atoms with Crippen LogP contribution in [0.5, 0.6) is 5.75 Å². The van der Waals surface area contributed by atoms with Gasteiger partial charge in [0.2, 0.25) is 0 Å². The predicted octanol–water partition coefficient (Wildman–Crippen LogP) is 1.87. The third-order valence-electron chi connectivity index (χ3n) is 2.97. The number of esters is 1. The van der Waals surface area contributed by atoms with E-state index in [0.717, 1.165) is 0 Å². The zero-order valence-corrected chi connectivity index (χ0v) is 13.2. The quantitative estimate of drug-likeness (QED) is 0.247. The van der Waals surface area contributed by atoms with Gasteiger partial charge in [0.25, 0.3) is 0 Å². The van der Waals surface area contributed by atoms with Crippen LogP contribution in [-0.4, -0.2) is 52.7 Å². The Bertz CT molecular complexity index is 849. The number of aromatic hydroxyl groups is 1. The number of carbonyl (C=O) groups excluding carboxylic acids is 1. The van der Waals surface area contributed by atoms with Crippen LogP contribution in [0.15, 0.2) is 18.2 Å². The monoisotopic (exact) mass is 426 g/mol. The van der Waals surface area contributed by atoms with Crippen molar-refractivity contribution in [1.29, 1.82) is 0 Å². The first kappa shape index (κ1) is 22.4. The molecule has 1 aromatic rings. The fourth-order valence-corrected chi connectivity index (χ4v) is 2.62. The lowest BCUT2D eigenvalue weighted by Crippen LogP contribution is -2.63. The number of hydrogen-bond acceptors (Lipinski definition) is 8. The summed E-state index contributed by atoms with van der Waals surface area (Å²) in [7, 11) is -6.21. The summed E-state index contributed by atoms with van der Waals surface area (Å²) in [5.74, 6) is -6.94. The Kier molecular flexibility index (Phi) is 5.68. The third kappa shape index (κ3) is 4.76. The lowest BCUT2D eigenvalue weighted by molar-refractivity contribution is -0.385. The molecule has 0 saturated carbocycles. The van der Waals surface area contributed by atoms with Crippen LogP contribution in [0.1, 0.15) is 10.4 Å². The van der Waals surface area contributed by atoms with Crippen LogP contribution in [0.2, 0.25) is 0 Å². The van der Waals surface area contributed by atoms with E-state index in [2.05, 4.69) is 4.74 Å². The topological polar surface area (TPSA) is 147 Å². The highest BCUT2D eigenvalue weighted by atomic mass is 32.2. The summed E-state index contributed by atoms with van der Waals surface area (Å²) >= 11 is 0. The maximum atomic E-state index is 13.0. The van der Waals surface area contributed by atoms with Gasteiger partial charge < -0.3 is 14.4 Å². The highest BCUT2D eigenvalue weighted by Crippen LogP contribution is 2.47. The number of hydrogen-bond donors (Lipinski definition) is 1. The van der Waals surface area contributed by atoms with Crippen molar-refractivity contribution in [2.75, 3.05) is 5.75 Å². The van der Waals surface area contributed by atoms with Crippen molar-refractivity contribution in [3.05, 3.63) is 33.9 Å². The maximum absolute atomic E-state index is 13.0. The zero-order chi connectivity index (χ0) is 21.4. The lowest BCUT2D eigenvalue weighted by atomic mass is 10.1. The number of phenolic OH excluding ortho intramolecular Hbond substituents is 1. The highest BCUT2D eigenvalue weighted by Gasteiger charge is 2.75. The summed E-state index contributed by atoms with van der Waals surface area (Å²) in [5.41, 5.74) is -7.94. The third-order valence-corrected chi connectivity index (χ3v) is 3.73. The van der Waals surface area contributed by atoms with E-state index < -0.39 is 61.7 Å². The first-order chi connectivity index (χ1) is 11.9. The molecule has 0 aliphatic carbocycles. The molecule has 0 aliphatic heterocycles. The largest absolute Gasteiger partial charge is 0.748 e. The molecular weight excluding hydrogens is 420 g/mol. The van der Waals surface area contributed by atoms with Gasteiger partial charge in [-0.25, -0.2) is 13.2 Å². The molecular formula is C11H6F6NO8S-. The average molecular weight is 426 g/mol. The van der Waals surface area contributed by atoms with E-state index in [1.165, 1.54) is 0 Å². The standard InChI is InChI=1S/C11H7F6NO8S/c12-10(13,14)9(11(15,16)17,4-27(23,24)25)26-8(20)5-1-2-6(18(21)22)7(19)3-5/h1-3,19H,4H2,(H,23,24,25)/p-1. The number of ether oxygens (including phenoxy) is 1. The minimum atomic E-state index is -6.57. The summed E-state index contributed by atoms with van der Waals surface area (Å²) < 4.78 is 113. The van der Waals surface area contributed by atoms with E-state index in [4.69, 9.17) is 0 Å². The van der Waals surface area contributed by atoms with E-state index in [1.807, 2.05) is 0 Å². The zero-order valence-electron chi connectivity index (χ0n) is 12.4. The van der Waals surface area contributed by atoms with Crippen molar-refractivity contribution in [3.63, 3.8) is 0 Å². The summed E-state index contributed by atoms with van der Waals surface area (Å²) in [6, 6.07) is 0.853. The number of alkyl halides is 6. The van der Waals surface area contributed by atoms with Gasteiger partial charge in [-0.2, -0.15) is 26.3 Å². The fourth-order valence-electron chi connectivity index (χ4n) is 1.74. The second-order valence-electron chi connectivity index (χ2n) is 4.87. The molecule has 1 N–H and O–H groups in total. The number of benzene rings is 1. The molecule has 0 radical (unpaired) electrons. The lowest BCUT2D eigenvalue weighted by Gasteiger charge is -2.36. The van der Waals surface area contributed by atoms with Crippen LogP contribution >= 0.6 is 0 Å². The summed E-state index contributed by atoms with van der Waals surface area (Å²) in [6.07, 6.45) is -13.1. The molecule has 1 aromatic carbocycles. The van der Waals surface area contributed by atoms with Crippen LogP contribution in [0.3, 0.4) is 0 Å².